The second-order valence-electron chi connectivity index (χ2n) is 4.25. The molecule has 0 aliphatic heterocycles. The third-order valence-electron chi connectivity index (χ3n) is 2.59. The molecular formula is C15H21NO5. The Balaban J connectivity index is 2.39. The van der Waals surface area contributed by atoms with Crippen molar-refractivity contribution in [3.63, 3.8) is 0 Å². The summed E-state index contributed by atoms with van der Waals surface area (Å²) in [6, 6.07) is 6.99. The van der Waals surface area contributed by atoms with Crippen molar-refractivity contribution in [1.29, 1.82) is 0 Å². The molecule has 0 unspecified atom stereocenters. The summed E-state index contributed by atoms with van der Waals surface area (Å²) in [5.41, 5.74) is 0. The molecule has 0 aromatic heterocycles. The average Bonchev–Trinajstić information content (AvgIpc) is 2.46. The van der Waals surface area contributed by atoms with Crippen LogP contribution in [0, 0.1) is 0 Å². The lowest BCUT2D eigenvalue weighted by molar-refractivity contribution is -0.148. The lowest BCUT2D eigenvalue weighted by atomic mass is 10.3. The highest BCUT2D eigenvalue weighted by molar-refractivity contribution is 5.82. The lowest BCUT2D eigenvalue weighted by Crippen LogP contribution is -2.36. The predicted octanol–water partition coefficient (Wildman–Crippen LogP) is 1.49. The summed E-state index contributed by atoms with van der Waals surface area (Å²) in [5.74, 6) is 0.582. The van der Waals surface area contributed by atoms with Gasteiger partial charge in [-0.25, -0.2) is 0 Å². The van der Waals surface area contributed by atoms with Crippen molar-refractivity contribution in [1.82, 2.24) is 4.90 Å². The maximum absolute atomic E-state index is 11.8. The summed E-state index contributed by atoms with van der Waals surface area (Å²) in [7, 11) is 1.53. The zero-order valence-electron chi connectivity index (χ0n) is 12.6. The second-order valence-corrected chi connectivity index (χ2v) is 4.25. The van der Waals surface area contributed by atoms with Crippen LogP contribution in [-0.2, 0) is 14.3 Å². The highest BCUT2D eigenvalue weighted by Gasteiger charge is 2.14. The van der Waals surface area contributed by atoms with Gasteiger partial charge in [0.15, 0.2) is 6.61 Å². The van der Waals surface area contributed by atoms with Crippen LogP contribution in [0.4, 0.5) is 0 Å². The van der Waals surface area contributed by atoms with E-state index in [1.165, 1.54) is 11.9 Å². The van der Waals surface area contributed by atoms with Crippen molar-refractivity contribution in [3.05, 3.63) is 24.3 Å². The number of likely N-dealkylation sites (N-methyl/N-ethyl adjacent to an activating group) is 1. The number of carbonyl (C=O) groups is 2. The Labute approximate surface area is 124 Å². The van der Waals surface area contributed by atoms with Gasteiger partial charge in [0.1, 0.15) is 18.0 Å². The summed E-state index contributed by atoms with van der Waals surface area (Å²) in [5, 5.41) is 0. The van der Waals surface area contributed by atoms with E-state index in [2.05, 4.69) is 0 Å². The van der Waals surface area contributed by atoms with Gasteiger partial charge in [0, 0.05) is 7.05 Å². The van der Waals surface area contributed by atoms with Gasteiger partial charge in [0.25, 0.3) is 5.91 Å². The van der Waals surface area contributed by atoms with Gasteiger partial charge in [0.2, 0.25) is 0 Å². The van der Waals surface area contributed by atoms with Crippen molar-refractivity contribution in [2.24, 2.45) is 0 Å². The van der Waals surface area contributed by atoms with Crippen LogP contribution in [-0.4, -0.2) is 50.2 Å². The Bertz CT molecular complexity index is 458. The fourth-order valence-corrected chi connectivity index (χ4v) is 1.54. The molecule has 1 amide bonds. The molecular weight excluding hydrogens is 274 g/mol. The maximum Gasteiger partial charge on any atom is 0.325 e. The Hall–Kier alpha value is -2.24. The van der Waals surface area contributed by atoms with Crippen molar-refractivity contribution < 1.29 is 23.8 Å². The zero-order valence-corrected chi connectivity index (χ0v) is 12.6. The van der Waals surface area contributed by atoms with Crippen molar-refractivity contribution in [2.75, 3.05) is 33.4 Å². The fourth-order valence-electron chi connectivity index (χ4n) is 1.54. The van der Waals surface area contributed by atoms with Crippen molar-refractivity contribution in [3.8, 4) is 11.5 Å². The van der Waals surface area contributed by atoms with E-state index in [-0.39, 0.29) is 19.1 Å². The van der Waals surface area contributed by atoms with Crippen molar-refractivity contribution >= 4 is 11.9 Å². The standard InChI is InChI=1S/C15H21NO5/c1-4-19-12-6-8-13(9-7-12)21-11-14(17)16(3)10-15(18)20-5-2/h6-9H,4-5,10-11H2,1-3H3. The molecule has 0 bridgehead atoms. The average molecular weight is 295 g/mol. The van der Waals surface area contributed by atoms with Gasteiger partial charge >= 0.3 is 5.97 Å². The summed E-state index contributed by atoms with van der Waals surface area (Å²) in [4.78, 5) is 24.3. The minimum Gasteiger partial charge on any atom is -0.494 e. The van der Waals surface area contributed by atoms with Crippen LogP contribution in [0.5, 0.6) is 11.5 Å². The first-order valence-corrected chi connectivity index (χ1v) is 6.82. The van der Waals surface area contributed by atoms with E-state index in [1.54, 1.807) is 31.2 Å². The van der Waals surface area contributed by atoms with Gasteiger partial charge in [0.05, 0.1) is 13.2 Å². The SMILES string of the molecule is CCOC(=O)CN(C)C(=O)COc1ccc(OCC)cc1. The Morgan fingerprint density at radius 1 is 1.00 bits per heavy atom. The largest absolute Gasteiger partial charge is 0.494 e. The third-order valence-corrected chi connectivity index (χ3v) is 2.59. The Kier molecular flexibility index (Phi) is 7.08. The first-order valence-electron chi connectivity index (χ1n) is 6.82. The van der Waals surface area contributed by atoms with Gasteiger partial charge in [-0.15, -0.1) is 0 Å². The van der Waals surface area contributed by atoms with E-state index in [0.717, 1.165) is 5.75 Å². The summed E-state index contributed by atoms with van der Waals surface area (Å²) < 4.78 is 15.4. The highest BCUT2D eigenvalue weighted by atomic mass is 16.5. The molecule has 0 heterocycles. The van der Waals surface area contributed by atoms with Crippen LogP contribution < -0.4 is 9.47 Å². The number of carbonyl (C=O) groups excluding carboxylic acids is 2. The summed E-state index contributed by atoms with van der Waals surface area (Å²) >= 11 is 0. The number of hydrogen-bond acceptors (Lipinski definition) is 5. The molecule has 0 saturated carbocycles. The van der Waals surface area contributed by atoms with Gasteiger partial charge in [-0.1, -0.05) is 0 Å². The molecule has 0 fully saturated rings. The van der Waals surface area contributed by atoms with E-state index in [1.807, 2.05) is 6.92 Å². The van der Waals surface area contributed by atoms with Crippen LogP contribution in [0.15, 0.2) is 24.3 Å². The third kappa shape index (κ3) is 6.16. The molecule has 1 rings (SSSR count). The molecule has 1 aromatic carbocycles. The molecule has 0 saturated heterocycles. The van der Waals surface area contributed by atoms with E-state index < -0.39 is 5.97 Å². The van der Waals surface area contributed by atoms with Gasteiger partial charge in [-0.3, -0.25) is 9.59 Å². The lowest BCUT2D eigenvalue weighted by Gasteiger charge is -2.16. The Morgan fingerprint density at radius 3 is 2.10 bits per heavy atom. The molecule has 0 atom stereocenters. The molecule has 116 valence electrons. The van der Waals surface area contributed by atoms with Crippen molar-refractivity contribution in [2.45, 2.75) is 13.8 Å². The molecule has 0 aliphatic carbocycles. The van der Waals surface area contributed by atoms with Gasteiger partial charge < -0.3 is 19.1 Å². The number of amides is 1. The Morgan fingerprint density at radius 2 is 1.57 bits per heavy atom. The molecule has 0 aliphatic rings. The number of esters is 1. The van der Waals surface area contributed by atoms with E-state index in [0.29, 0.717) is 19.0 Å². The molecule has 0 radical (unpaired) electrons. The quantitative estimate of drug-likeness (QED) is 0.680. The highest BCUT2D eigenvalue weighted by Crippen LogP contribution is 2.17. The van der Waals surface area contributed by atoms with Crippen LogP contribution in [0.1, 0.15) is 13.8 Å². The first kappa shape index (κ1) is 16.8. The molecule has 6 nitrogen and oxygen atoms in total. The number of nitrogens with zero attached hydrogens (tertiary/aromatic N) is 1. The summed E-state index contributed by atoms with van der Waals surface area (Å²) in [6.07, 6.45) is 0. The van der Waals surface area contributed by atoms with Gasteiger partial charge in [-0.2, -0.15) is 0 Å². The number of rotatable bonds is 8. The monoisotopic (exact) mass is 295 g/mol. The normalized spacial score (nSPS) is 9.86. The topological polar surface area (TPSA) is 65.1 Å². The second kappa shape index (κ2) is 8.84. The molecule has 1 aromatic rings. The smallest absolute Gasteiger partial charge is 0.325 e. The molecule has 21 heavy (non-hydrogen) atoms. The van der Waals surface area contributed by atoms with Crippen LogP contribution in [0.2, 0.25) is 0 Å². The zero-order chi connectivity index (χ0) is 15.7. The number of hydrogen-bond donors (Lipinski definition) is 0. The fraction of sp³-hybridized carbons (Fsp3) is 0.467. The number of benzene rings is 1. The minimum absolute atomic E-state index is 0.0840. The molecule has 6 heteroatoms. The van der Waals surface area contributed by atoms with E-state index in [9.17, 15) is 9.59 Å². The molecule has 0 N–H and O–H groups in total. The van der Waals surface area contributed by atoms with Crippen LogP contribution in [0.25, 0.3) is 0 Å². The van der Waals surface area contributed by atoms with Crippen LogP contribution in [0.3, 0.4) is 0 Å². The van der Waals surface area contributed by atoms with E-state index in [4.69, 9.17) is 14.2 Å². The van der Waals surface area contributed by atoms with Gasteiger partial charge in [-0.05, 0) is 38.1 Å². The van der Waals surface area contributed by atoms with E-state index >= 15 is 0 Å². The minimum atomic E-state index is -0.436. The molecule has 0 spiro atoms. The summed E-state index contributed by atoms with van der Waals surface area (Å²) in [6.45, 7) is 4.29. The number of ether oxygens (including phenoxy) is 3. The maximum atomic E-state index is 11.8. The predicted molar refractivity (Wildman–Crippen MR) is 77.4 cm³/mol. The van der Waals surface area contributed by atoms with Crippen LogP contribution >= 0.6 is 0 Å². The first-order chi connectivity index (χ1) is 10.1.